The first-order valence-corrected chi connectivity index (χ1v) is 15.0. The van der Waals surface area contributed by atoms with Crippen LogP contribution in [0.4, 0.5) is 0 Å². The molecule has 0 heterocycles. The van der Waals surface area contributed by atoms with Crippen LogP contribution in [-0.4, -0.2) is 8.80 Å². The van der Waals surface area contributed by atoms with Crippen LogP contribution in [0.2, 0.25) is 13.1 Å². The van der Waals surface area contributed by atoms with Crippen molar-refractivity contribution in [1.82, 2.24) is 0 Å². The van der Waals surface area contributed by atoms with E-state index >= 15 is 0 Å². The summed E-state index contributed by atoms with van der Waals surface area (Å²) in [6.07, 6.45) is 3.69. The van der Waals surface area contributed by atoms with Crippen molar-refractivity contribution in [1.29, 1.82) is 0 Å². The Labute approximate surface area is 209 Å². The first kappa shape index (κ1) is 24.5. The predicted octanol–water partition coefficient (Wildman–Crippen LogP) is 8.91. The van der Waals surface area contributed by atoms with E-state index in [0.29, 0.717) is 0 Å². The number of aryl methyl sites for hydroxylation is 3. The molecule has 0 amide bonds. The van der Waals surface area contributed by atoms with Crippen LogP contribution in [0.25, 0.3) is 0 Å². The zero-order valence-corrected chi connectivity index (χ0v) is 23.2. The molecule has 1 radical (unpaired) electrons. The first-order chi connectivity index (χ1) is 16.0. The van der Waals surface area contributed by atoms with Gasteiger partial charge in [0, 0.05) is 0 Å². The Morgan fingerprint density at radius 2 is 1.06 bits per heavy atom. The fourth-order valence-electron chi connectivity index (χ4n) is 5.46. The maximum Gasteiger partial charge on any atom is 0.0745 e. The quantitative estimate of drug-likeness (QED) is 0.262. The SMILES string of the molecule is Cc1cccc(C(C2=C([Si](C)C)CC(C(C)(C)C)=C2)(c2cccc(C)c2)c2cccc(C)c2)c1. The van der Waals surface area contributed by atoms with Crippen molar-refractivity contribution < 1.29 is 0 Å². The second-order valence-electron chi connectivity index (χ2n) is 11.3. The van der Waals surface area contributed by atoms with E-state index < -0.39 is 8.80 Å². The van der Waals surface area contributed by atoms with Crippen molar-refractivity contribution in [3.05, 3.63) is 129 Å². The normalized spacial score (nSPS) is 14.7. The summed E-state index contributed by atoms with van der Waals surface area (Å²) >= 11 is 0. The number of hydrogen-bond donors (Lipinski definition) is 0. The molecule has 0 N–H and O–H groups in total. The second-order valence-corrected chi connectivity index (χ2v) is 14.0. The molecule has 175 valence electrons. The summed E-state index contributed by atoms with van der Waals surface area (Å²) in [5, 5.41) is 1.67. The third kappa shape index (κ3) is 4.39. The lowest BCUT2D eigenvalue weighted by Crippen LogP contribution is -2.33. The van der Waals surface area contributed by atoms with E-state index in [0.717, 1.165) is 6.42 Å². The van der Waals surface area contributed by atoms with E-state index in [4.69, 9.17) is 0 Å². The van der Waals surface area contributed by atoms with E-state index in [9.17, 15) is 0 Å². The average molecular weight is 464 g/mol. The predicted molar refractivity (Wildman–Crippen MR) is 150 cm³/mol. The van der Waals surface area contributed by atoms with Gasteiger partial charge in [0.15, 0.2) is 0 Å². The molecule has 0 saturated carbocycles. The van der Waals surface area contributed by atoms with Crippen molar-refractivity contribution in [3.8, 4) is 0 Å². The maximum absolute atomic E-state index is 2.58. The largest absolute Gasteiger partial charge is 0.0745 e. The van der Waals surface area contributed by atoms with Gasteiger partial charge in [0.25, 0.3) is 0 Å². The highest BCUT2D eigenvalue weighted by molar-refractivity contribution is 6.64. The van der Waals surface area contributed by atoms with Crippen LogP contribution in [0.3, 0.4) is 0 Å². The van der Waals surface area contributed by atoms with Gasteiger partial charge in [0.2, 0.25) is 0 Å². The summed E-state index contributed by atoms with van der Waals surface area (Å²) in [5.74, 6) is 0. The lowest BCUT2D eigenvalue weighted by Gasteiger charge is -2.39. The van der Waals surface area contributed by atoms with Crippen molar-refractivity contribution in [2.75, 3.05) is 0 Å². The molecule has 0 aromatic heterocycles. The van der Waals surface area contributed by atoms with Gasteiger partial charge in [-0.2, -0.15) is 0 Å². The highest BCUT2D eigenvalue weighted by Gasteiger charge is 2.44. The van der Waals surface area contributed by atoms with Crippen molar-refractivity contribution >= 4 is 8.80 Å². The smallest absolute Gasteiger partial charge is 0.0744 e. The van der Waals surface area contributed by atoms with Gasteiger partial charge in [-0.25, -0.2) is 0 Å². The minimum Gasteiger partial charge on any atom is -0.0744 e. The molecular weight excluding hydrogens is 424 g/mol. The molecule has 0 nitrogen and oxygen atoms in total. The Kier molecular flexibility index (Phi) is 6.62. The highest BCUT2D eigenvalue weighted by Crippen LogP contribution is 2.52. The van der Waals surface area contributed by atoms with E-state index in [1.54, 1.807) is 10.8 Å². The molecular formula is C33H39Si. The fraction of sp³-hybridized carbons (Fsp3) is 0.333. The Balaban J connectivity index is 2.21. The lowest BCUT2D eigenvalue weighted by atomic mass is 9.64. The van der Waals surface area contributed by atoms with Crippen molar-refractivity contribution in [2.45, 2.75) is 66.5 Å². The van der Waals surface area contributed by atoms with Crippen LogP contribution >= 0.6 is 0 Å². The Hall–Kier alpha value is -2.64. The molecule has 0 fully saturated rings. The van der Waals surface area contributed by atoms with E-state index in [2.05, 4.69) is 134 Å². The molecule has 0 atom stereocenters. The van der Waals surface area contributed by atoms with Gasteiger partial charge in [0.1, 0.15) is 0 Å². The average Bonchev–Trinajstić information content (AvgIpc) is 3.21. The van der Waals surface area contributed by atoms with Crippen LogP contribution in [0, 0.1) is 26.2 Å². The van der Waals surface area contributed by atoms with E-state index in [1.807, 2.05) is 0 Å². The molecule has 1 aliphatic rings. The Bertz CT molecular complexity index is 1150. The van der Waals surface area contributed by atoms with Gasteiger partial charge < -0.3 is 0 Å². The molecule has 34 heavy (non-hydrogen) atoms. The third-order valence-corrected chi connectivity index (χ3v) is 8.99. The zero-order chi connectivity index (χ0) is 24.7. The minimum atomic E-state index is -0.658. The van der Waals surface area contributed by atoms with Crippen molar-refractivity contribution in [2.24, 2.45) is 5.41 Å². The lowest BCUT2D eigenvalue weighted by molar-refractivity contribution is 0.495. The third-order valence-electron chi connectivity index (χ3n) is 7.34. The molecule has 0 aliphatic heterocycles. The van der Waals surface area contributed by atoms with Gasteiger partial charge >= 0.3 is 0 Å². The number of allylic oxidation sites excluding steroid dienone is 4. The molecule has 0 unspecified atom stereocenters. The van der Waals surface area contributed by atoms with Crippen LogP contribution in [0.1, 0.15) is 60.6 Å². The summed E-state index contributed by atoms with van der Waals surface area (Å²) in [7, 11) is -0.658. The van der Waals surface area contributed by atoms with E-state index in [-0.39, 0.29) is 10.8 Å². The molecule has 4 rings (SSSR count). The number of benzene rings is 3. The number of hydrogen-bond acceptors (Lipinski definition) is 0. The molecule has 0 saturated heterocycles. The first-order valence-electron chi connectivity index (χ1n) is 12.5. The minimum absolute atomic E-state index is 0.155. The van der Waals surface area contributed by atoms with Crippen LogP contribution in [-0.2, 0) is 5.41 Å². The summed E-state index contributed by atoms with van der Waals surface area (Å²) in [6, 6.07) is 27.6. The summed E-state index contributed by atoms with van der Waals surface area (Å²) < 4.78 is 0. The van der Waals surface area contributed by atoms with Gasteiger partial charge in [-0.3, -0.25) is 0 Å². The van der Waals surface area contributed by atoms with Gasteiger partial charge in [0.05, 0.1) is 14.2 Å². The Morgan fingerprint density at radius 1 is 0.647 bits per heavy atom. The molecule has 3 aromatic carbocycles. The maximum atomic E-state index is 2.58. The topological polar surface area (TPSA) is 0 Å². The van der Waals surface area contributed by atoms with Crippen LogP contribution in [0.5, 0.6) is 0 Å². The number of rotatable bonds is 5. The van der Waals surface area contributed by atoms with Gasteiger partial charge in [-0.1, -0.05) is 140 Å². The summed E-state index contributed by atoms with van der Waals surface area (Å²) in [5.41, 5.74) is 10.9. The van der Waals surface area contributed by atoms with Gasteiger partial charge in [-0.15, -0.1) is 0 Å². The summed E-state index contributed by atoms with van der Waals surface area (Å²) in [4.78, 5) is 0. The molecule has 1 heteroatoms. The molecule has 3 aromatic rings. The Morgan fingerprint density at radius 3 is 1.38 bits per heavy atom. The zero-order valence-electron chi connectivity index (χ0n) is 22.2. The van der Waals surface area contributed by atoms with Crippen LogP contribution in [0.15, 0.2) is 95.2 Å². The van der Waals surface area contributed by atoms with Gasteiger partial charge in [-0.05, 0) is 54.9 Å². The molecule has 1 aliphatic carbocycles. The van der Waals surface area contributed by atoms with Crippen LogP contribution < -0.4 is 0 Å². The molecule has 0 bridgehead atoms. The fourth-order valence-corrected chi connectivity index (χ4v) is 6.80. The monoisotopic (exact) mass is 463 g/mol. The molecule has 0 spiro atoms. The van der Waals surface area contributed by atoms with Crippen molar-refractivity contribution in [3.63, 3.8) is 0 Å². The standard InChI is InChI=1S/C33H39Si/c1-23-12-9-15-26(18-23)33(27-16-10-13-24(2)19-27,28-17-11-14-25(3)20-28)30-21-29(32(4,5)6)22-31(30)34(7)8/h9-21H,22H2,1-8H3. The summed E-state index contributed by atoms with van der Waals surface area (Å²) in [6.45, 7) is 18.7. The van der Waals surface area contributed by atoms with E-state index in [1.165, 1.54) is 39.0 Å². The second kappa shape index (κ2) is 9.19. The highest BCUT2D eigenvalue weighted by atomic mass is 28.3.